The van der Waals surface area contributed by atoms with E-state index >= 15 is 0 Å². The topological polar surface area (TPSA) is 106 Å². The zero-order valence-corrected chi connectivity index (χ0v) is 16.4. The lowest BCUT2D eigenvalue weighted by molar-refractivity contribution is -0.138. The van der Waals surface area contributed by atoms with Crippen LogP contribution in [-0.2, 0) is 23.6 Å². The number of ether oxygens (including phenoxy) is 1. The lowest BCUT2D eigenvalue weighted by Gasteiger charge is -2.30. The number of benzene rings is 1. The van der Waals surface area contributed by atoms with E-state index in [4.69, 9.17) is 10.00 Å². The molecule has 0 aliphatic carbocycles. The third-order valence-corrected chi connectivity index (χ3v) is 4.91. The fourth-order valence-corrected chi connectivity index (χ4v) is 3.45. The molecule has 0 saturated heterocycles. The second-order valence-corrected chi connectivity index (χ2v) is 6.69. The van der Waals surface area contributed by atoms with Gasteiger partial charge in [-0.15, -0.1) is 0 Å². The number of allylic oxidation sites excluding steroid dienone is 1. The Labute approximate surface area is 167 Å². The standard InChI is InChI=1S/C21H20N4O4/c1-5-10-29-20(27)15-12(2)23-18-17(19(26)25(4)21(28)24(18)3)16(15)14-8-6-13(11-22)7-9-14/h5-9,16,23H,1,10H2,2-4H3/t16-/m0/s1. The van der Waals surface area contributed by atoms with Crippen molar-refractivity contribution in [3.63, 3.8) is 0 Å². The maximum Gasteiger partial charge on any atom is 0.337 e. The molecule has 0 spiro atoms. The van der Waals surface area contributed by atoms with Gasteiger partial charge in [0.05, 0.1) is 28.7 Å². The number of carbonyl (C=O) groups is 1. The van der Waals surface area contributed by atoms with Crippen molar-refractivity contribution in [2.24, 2.45) is 14.1 Å². The van der Waals surface area contributed by atoms with Crippen LogP contribution in [-0.4, -0.2) is 21.7 Å². The zero-order valence-electron chi connectivity index (χ0n) is 16.4. The molecule has 29 heavy (non-hydrogen) atoms. The van der Waals surface area contributed by atoms with Crippen molar-refractivity contribution in [1.29, 1.82) is 5.26 Å². The first-order valence-electron chi connectivity index (χ1n) is 8.87. The summed E-state index contributed by atoms with van der Waals surface area (Å²) in [6.45, 7) is 5.25. The number of nitrogens with zero attached hydrogens (tertiary/aromatic N) is 3. The molecular weight excluding hydrogens is 372 g/mol. The van der Waals surface area contributed by atoms with Gasteiger partial charge < -0.3 is 10.1 Å². The predicted octanol–water partition coefficient (Wildman–Crippen LogP) is 1.52. The average molecular weight is 392 g/mol. The Morgan fingerprint density at radius 1 is 1.28 bits per heavy atom. The van der Waals surface area contributed by atoms with Crippen molar-refractivity contribution < 1.29 is 9.53 Å². The summed E-state index contributed by atoms with van der Waals surface area (Å²) < 4.78 is 7.59. The minimum atomic E-state index is -0.762. The van der Waals surface area contributed by atoms with E-state index in [2.05, 4.69) is 11.9 Å². The fraction of sp³-hybridized carbons (Fsp3) is 0.238. The molecule has 0 unspecified atom stereocenters. The Bertz CT molecular complexity index is 1190. The number of anilines is 1. The van der Waals surface area contributed by atoms with Gasteiger partial charge in [-0.2, -0.15) is 5.26 Å². The molecule has 8 heteroatoms. The monoisotopic (exact) mass is 392 g/mol. The van der Waals surface area contributed by atoms with Crippen molar-refractivity contribution in [3.05, 3.63) is 85.7 Å². The quantitative estimate of drug-likeness (QED) is 0.625. The SMILES string of the molecule is C=CCOC(=O)C1=C(C)Nc2c(c(=O)n(C)c(=O)n2C)[C@H]1c1ccc(C#N)cc1. The smallest absolute Gasteiger partial charge is 0.337 e. The van der Waals surface area contributed by atoms with Crippen LogP contribution < -0.4 is 16.6 Å². The molecule has 2 aromatic rings. The number of fused-ring (bicyclic) bond motifs is 1. The van der Waals surface area contributed by atoms with Gasteiger partial charge in [0, 0.05) is 19.8 Å². The number of hydrogen-bond donors (Lipinski definition) is 1. The molecule has 2 heterocycles. The number of hydrogen-bond acceptors (Lipinski definition) is 6. The Hall–Kier alpha value is -3.86. The second kappa shape index (κ2) is 7.64. The van der Waals surface area contributed by atoms with Gasteiger partial charge in [0.25, 0.3) is 5.56 Å². The molecule has 0 bridgehead atoms. The van der Waals surface area contributed by atoms with Crippen molar-refractivity contribution >= 4 is 11.8 Å². The van der Waals surface area contributed by atoms with E-state index in [0.29, 0.717) is 22.6 Å². The summed E-state index contributed by atoms with van der Waals surface area (Å²) in [6, 6.07) is 8.66. The van der Waals surface area contributed by atoms with Crippen LogP contribution in [0.4, 0.5) is 5.82 Å². The highest BCUT2D eigenvalue weighted by Crippen LogP contribution is 2.39. The highest BCUT2D eigenvalue weighted by Gasteiger charge is 2.37. The number of nitriles is 1. The van der Waals surface area contributed by atoms with Crippen LogP contribution in [0.3, 0.4) is 0 Å². The number of carbonyl (C=O) groups excluding carboxylic acids is 1. The van der Waals surface area contributed by atoms with Crippen LogP contribution in [0.15, 0.2) is 57.8 Å². The molecule has 8 nitrogen and oxygen atoms in total. The molecule has 1 aromatic carbocycles. The molecule has 1 aliphatic heterocycles. The van der Waals surface area contributed by atoms with Gasteiger partial charge in [-0.05, 0) is 24.6 Å². The van der Waals surface area contributed by atoms with E-state index in [-0.39, 0.29) is 17.7 Å². The maximum atomic E-state index is 13.0. The molecule has 0 fully saturated rings. The second-order valence-electron chi connectivity index (χ2n) is 6.69. The molecule has 0 amide bonds. The largest absolute Gasteiger partial charge is 0.458 e. The minimum absolute atomic E-state index is 0.0217. The summed E-state index contributed by atoms with van der Waals surface area (Å²) in [5.74, 6) is -1.03. The van der Waals surface area contributed by atoms with Gasteiger partial charge in [0.1, 0.15) is 12.4 Å². The van der Waals surface area contributed by atoms with Crippen LogP contribution in [0.25, 0.3) is 0 Å². The summed E-state index contributed by atoms with van der Waals surface area (Å²) >= 11 is 0. The van der Waals surface area contributed by atoms with Crippen molar-refractivity contribution in [2.45, 2.75) is 12.8 Å². The van der Waals surface area contributed by atoms with Gasteiger partial charge in [0.2, 0.25) is 0 Å². The highest BCUT2D eigenvalue weighted by atomic mass is 16.5. The first-order chi connectivity index (χ1) is 13.8. The summed E-state index contributed by atoms with van der Waals surface area (Å²) in [5.41, 5.74) is 1.09. The third kappa shape index (κ3) is 3.27. The van der Waals surface area contributed by atoms with Crippen molar-refractivity contribution in [2.75, 3.05) is 11.9 Å². The van der Waals surface area contributed by atoms with Crippen molar-refractivity contribution in [1.82, 2.24) is 9.13 Å². The lowest BCUT2D eigenvalue weighted by atomic mass is 9.82. The Morgan fingerprint density at radius 3 is 2.52 bits per heavy atom. The normalized spacial score (nSPS) is 15.2. The molecule has 0 radical (unpaired) electrons. The Morgan fingerprint density at radius 2 is 1.93 bits per heavy atom. The summed E-state index contributed by atoms with van der Waals surface area (Å²) in [4.78, 5) is 38.3. The van der Waals surface area contributed by atoms with E-state index in [1.165, 1.54) is 17.7 Å². The van der Waals surface area contributed by atoms with Crippen molar-refractivity contribution in [3.8, 4) is 6.07 Å². The number of nitrogens with one attached hydrogen (secondary N) is 1. The minimum Gasteiger partial charge on any atom is -0.458 e. The fourth-order valence-electron chi connectivity index (χ4n) is 3.45. The third-order valence-electron chi connectivity index (χ3n) is 4.91. The molecule has 3 rings (SSSR count). The van der Waals surface area contributed by atoms with Gasteiger partial charge in [-0.1, -0.05) is 24.8 Å². The number of esters is 1. The molecule has 1 aromatic heterocycles. The van der Waals surface area contributed by atoms with Crippen LogP contribution in [0.2, 0.25) is 0 Å². The van der Waals surface area contributed by atoms with Crippen LogP contribution in [0, 0.1) is 11.3 Å². The van der Waals surface area contributed by atoms with Gasteiger partial charge in [0.15, 0.2) is 0 Å². The molecular formula is C21H20N4O4. The zero-order chi connectivity index (χ0) is 21.3. The molecule has 0 saturated carbocycles. The van der Waals surface area contributed by atoms with Crippen LogP contribution >= 0.6 is 0 Å². The van der Waals surface area contributed by atoms with Gasteiger partial charge in [-0.3, -0.25) is 13.9 Å². The number of aromatic nitrogens is 2. The van der Waals surface area contributed by atoms with Crippen LogP contribution in [0.5, 0.6) is 0 Å². The molecule has 1 aliphatic rings. The van der Waals surface area contributed by atoms with Crippen LogP contribution in [0.1, 0.15) is 29.5 Å². The van der Waals surface area contributed by atoms with E-state index in [1.54, 1.807) is 38.2 Å². The van der Waals surface area contributed by atoms with E-state index in [1.807, 2.05) is 6.07 Å². The number of rotatable bonds is 4. The summed E-state index contributed by atoms with van der Waals surface area (Å²) in [7, 11) is 2.94. The molecule has 1 N–H and O–H groups in total. The molecule has 148 valence electrons. The Kier molecular flexibility index (Phi) is 5.24. The van der Waals surface area contributed by atoms with E-state index in [9.17, 15) is 14.4 Å². The summed E-state index contributed by atoms with van der Waals surface area (Å²) in [6.07, 6.45) is 1.46. The maximum absolute atomic E-state index is 13.0. The van der Waals surface area contributed by atoms with E-state index < -0.39 is 23.1 Å². The highest BCUT2D eigenvalue weighted by molar-refractivity contribution is 5.94. The van der Waals surface area contributed by atoms with Gasteiger partial charge >= 0.3 is 11.7 Å². The average Bonchev–Trinajstić information content (AvgIpc) is 2.73. The lowest BCUT2D eigenvalue weighted by Crippen LogP contribution is -2.43. The summed E-state index contributed by atoms with van der Waals surface area (Å²) in [5, 5.41) is 12.1. The van der Waals surface area contributed by atoms with E-state index in [0.717, 1.165) is 4.57 Å². The first kappa shape index (κ1) is 19.9. The Balaban J connectivity index is 2.33. The molecule has 1 atom stereocenters. The predicted molar refractivity (Wildman–Crippen MR) is 107 cm³/mol. The first-order valence-corrected chi connectivity index (χ1v) is 8.87. The van der Waals surface area contributed by atoms with Gasteiger partial charge in [-0.25, -0.2) is 9.59 Å².